The van der Waals surface area contributed by atoms with Crippen LogP contribution >= 0.6 is 0 Å². The van der Waals surface area contributed by atoms with Crippen molar-refractivity contribution < 1.29 is 14.7 Å². The predicted molar refractivity (Wildman–Crippen MR) is 173 cm³/mol. The number of aliphatic hydroxyl groups excluding tert-OH is 1. The fraction of sp³-hybridized carbons (Fsp3) is 0.730. The molecule has 2 N–H and O–H groups in total. The smallest absolute Gasteiger partial charge is 0.260 e. The van der Waals surface area contributed by atoms with Crippen LogP contribution in [-0.4, -0.2) is 60.5 Å². The van der Waals surface area contributed by atoms with E-state index in [4.69, 9.17) is 4.84 Å². The van der Waals surface area contributed by atoms with Gasteiger partial charge in [0.05, 0.1) is 11.8 Å². The molecule has 1 heterocycles. The minimum absolute atomic E-state index is 0.0374. The Hall–Kier alpha value is -2.18. The second kappa shape index (κ2) is 12.0. The molecule has 4 fully saturated rings. The van der Waals surface area contributed by atoms with Crippen LogP contribution in [0.1, 0.15) is 97.5 Å². The molecule has 1 amide bonds. The molecule has 43 heavy (non-hydrogen) atoms. The van der Waals surface area contributed by atoms with Crippen molar-refractivity contribution in [3.8, 4) is 0 Å². The highest BCUT2D eigenvalue weighted by Gasteiger charge is 2.58. The molecular formula is C37H55N3O3. The lowest BCUT2D eigenvalue weighted by atomic mass is 9.47. The lowest BCUT2D eigenvalue weighted by Gasteiger charge is -2.57. The van der Waals surface area contributed by atoms with Crippen molar-refractivity contribution in [1.29, 1.82) is 0 Å². The number of piperidine rings is 1. The van der Waals surface area contributed by atoms with Crippen LogP contribution in [0.4, 0.5) is 0 Å². The van der Waals surface area contributed by atoms with Crippen molar-refractivity contribution >= 4 is 11.6 Å². The number of fused-ring (bicyclic) bond motifs is 5. The van der Waals surface area contributed by atoms with Gasteiger partial charge < -0.3 is 20.2 Å². The number of carbonyl (C=O) groups is 1. The molecule has 6 nitrogen and oxygen atoms in total. The number of nitrogens with zero attached hydrogens (tertiary/aromatic N) is 2. The highest BCUT2D eigenvalue weighted by Crippen LogP contribution is 2.65. The minimum Gasteiger partial charge on any atom is -0.393 e. The Morgan fingerprint density at radius 3 is 2.65 bits per heavy atom. The molecule has 236 valence electrons. The molecule has 0 bridgehead atoms. The average Bonchev–Trinajstić information content (AvgIpc) is 3.30. The SMILES string of the molecule is CC1CC(CCNC(=O)CO/N=C2/C=C3CCC4C5CCC(O)[C@@]5(C)CCC4[C@@]3(C)CC2)(c2ccccc2)C(C)CN1C. The first-order valence-electron chi connectivity index (χ1n) is 17.2. The number of rotatable bonds is 7. The number of hydrogen-bond acceptors (Lipinski definition) is 5. The van der Waals surface area contributed by atoms with Crippen molar-refractivity contribution in [3.63, 3.8) is 0 Å². The van der Waals surface area contributed by atoms with Gasteiger partial charge in [0.1, 0.15) is 0 Å². The van der Waals surface area contributed by atoms with Gasteiger partial charge in [0.15, 0.2) is 6.61 Å². The fourth-order valence-corrected chi connectivity index (χ4v) is 10.6. The first-order chi connectivity index (χ1) is 20.6. The van der Waals surface area contributed by atoms with Crippen molar-refractivity contribution in [3.05, 3.63) is 47.5 Å². The van der Waals surface area contributed by atoms with Crippen LogP contribution in [0.3, 0.4) is 0 Å². The molecular weight excluding hydrogens is 534 g/mol. The van der Waals surface area contributed by atoms with E-state index >= 15 is 0 Å². The van der Waals surface area contributed by atoms with Gasteiger partial charge in [-0.2, -0.15) is 0 Å². The minimum atomic E-state index is -0.117. The van der Waals surface area contributed by atoms with Crippen LogP contribution in [0.2, 0.25) is 0 Å². The van der Waals surface area contributed by atoms with Crippen molar-refractivity contribution in [2.24, 2.45) is 39.7 Å². The lowest BCUT2D eigenvalue weighted by molar-refractivity contribution is -0.125. The maximum atomic E-state index is 12.8. The van der Waals surface area contributed by atoms with E-state index < -0.39 is 0 Å². The summed E-state index contributed by atoms with van der Waals surface area (Å²) in [6.45, 7) is 11.2. The molecule has 9 atom stereocenters. The van der Waals surface area contributed by atoms with E-state index in [1.165, 1.54) is 30.4 Å². The van der Waals surface area contributed by atoms with E-state index in [1.807, 2.05) is 0 Å². The molecule has 4 aliphatic carbocycles. The number of likely N-dealkylation sites (tertiary alicyclic amines) is 1. The number of aliphatic hydroxyl groups is 1. The maximum absolute atomic E-state index is 12.8. The van der Waals surface area contributed by atoms with Crippen LogP contribution < -0.4 is 5.32 Å². The van der Waals surface area contributed by atoms with Crippen molar-refractivity contribution in [2.75, 3.05) is 26.7 Å². The Labute approximate surface area is 259 Å². The summed E-state index contributed by atoms with van der Waals surface area (Å²) >= 11 is 0. The Bertz CT molecular complexity index is 1230. The number of amides is 1. The molecule has 1 aliphatic heterocycles. The van der Waals surface area contributed by atoms with Crippen LogP contribution in [0.25, 0.3) is 0 Å². The van der Waals surface area contributed by atoms with Gasteiger partial charge in [-0.25, -0.2) is 0 Å². The topological polar surface area (TPSA) is 74.2 Å². The summed E-state index contributed by atoms with van der Waals surface area (Å²) in [7, 11) is 2.22. The average molecular weight is 590 g/mol. The molecule has 0 aromatic heterocycles. The number of oxime groups is 1. The van der Waals surface area contributed by atoms with Crippen LogP contribution in [0, 0.1) is 34.5 Å². The van der Waals surface area contributed by atoms with E-state index in [2.05, 4.69) is 86.5 Å². The fourth-order valence-electron chi connectivity index (χ4n) is 10.6. The Balaban J connectivity index is 1.03. The van der Waals surface area contributed by atoms with Gasteiger partial charge in [-0.15, -0.1) is 0 Å². The third kappa shape index (κ3) is 5.49. The van der Waals surface area contributed by atoms with Crippen LogP contribution in [0.5, 0.6) is 0 Å². The third-order valence-corrected chi connectivity index (χ3v) is 13.5. The van der Waals surface area contributed by atoms with E-state index in [1.54, 1.807) is 0 Å². The largest absolute Gasteiger partial charge is 0.393 e. The summed E-state index contributed by atoms with van der Waals surface area (Å²) in [5.41, 5.74) is 4.30. The van der Waals surface area contributed by atoms with E-state index in [0.29, 0.717) is 30.3 Å². The Morgan fingerprint density at radius 1 is 1.07 bits per heavy atom. The highest BCUT2D eigenvalue weighted by atomic mass is 16.6. The molecule has 1 aromatic carbocycles. The molecule has 0 spiro atoms. The summed E-state index contributed by atoms with van der Waals surface area (Å²) in [5, 5.41) is 18.3. The summed E-state index contributed by atoms with van der Waals surface area (Å²) in [5.74, 6) is 2.51. The number of nitrogens with one attached hydrogen (secondary N) is 1. The number of hydrogen-bond donors (Lipinski definition) is 2. The first kappa shape index (κ1) is 30.8. The quantitative estimate of drug-likeness (QED) is 0.357. The van der Waals surface area contributed by atoms with Gasteiger partial charge in [0, 0.05) is 24.5 Å². The van der Waals surface area contributed by atoms with Gasteiger partial charge in [-0.1, -0.05) is 61.8 Å². The number of allylic oxidation sites excluding steroid dienone is 2. The first-order valence-corrected chi connectivity index (χ1v) is 17.2. The summed E-state index contributed by atoms with van der Waals surface area (Å²) < 4.78 is 0. The molecule has 3 saturated carbocycles. The van der Waals surface area contributed by atoms with Crippen LogP contribution in [0.15, 0.2) is 47.1 Å². The van der Waals surface area contributed by atoms with E-state index in [-0.39, 0.29) is 34.9 Å². The zero-order valence-electron chi connectivity index (χ0n) is 27.3. The van der Waals surface area contributed by atoms with Gasteiger partial charge in [0.25, 0.3) is 5.91 Å². The Kier molecular flexibility index (Phi) is 8.58. The summed E-state index contributed by atoms with van der Waals surface area (Å²) in [6, 6.07) is 11.4. The van der Waals surface area contributed by atoms with E-state index in [9.17, 15) is 9.90 Å². The van der Waals surface area contributed by atoms with Gasteiger partial charge in [-0.3, -0.25) is 4.79 Å². The van der Waals surface area contributed by atoms with E-state index in [0.717, 1.165) is 63.1 Å². The predicted octanol–water partition coefficient (Wildman–Crippen LogP) is 6.49. The maximum Gasteiger partial charge on any atom is 0.260 e. The number of carbonyl (C=O) groups excluding carboxylic acids is 1. The molecule has 7 unspecified atom stereocenters. The zero-order valence-corrected chi connectivity index (χ0v) is 27.3. The van der Waals surface area contributed by atoms with Gasteiger partial charge in [0.2, 0.25) is 0 Å². The van der Waals surface area contributed by atoms with Crippen molar-refractivity contribution in [2.45, 2.75) is 109 Å². The molecule has 5 aliphatic rings. The van der Waals surface area contributed by atoms with Gasteiger partial charge >= 0.3 is 0 Å². The molecule has 1 saturated heterocycles. The number of benzene rings is 1. The second-order valence-electron chi connectivity index (χ2n) is 15.5. The summed E-state index contributed by atoms with van der Waals surface area (Å²) in [4.78, 5) is 20.9. The van der Waals surface area contributed by atoms with Crippen LogP contribution in [-0.2, 0) is 15.0 Å². The highest BCUT2D eigenvalue weighted by molar-refractivity contribution is 5.96. The van der Waals surface area contributed by atoms with Crippen molar-refractivity contribution in [1.82, 2.24) is 10.2 Å². The van der Waals surface area contributed by atoms with Gasteiger partial charge in [-0.05, 0) is 124 Å². The Morgan fingerprint density at radius 2 is 1.86 bits per heavy atom. The molecule has 0 radical (unpaired) electrons. The zero-order chi connectivity index (χ0) is 30.4. The molecule has 6 heteroatoms. The monoisotopic (exact) mass is 589 g/mol. The normalized spacial score (nSPS) is 42.0. The standard InChI is InChI=1S/C37H55N3O3/c1-25-23-40(5)26(2)22-37(25,27-9-7-6-8-10-27)19-20-38-34(42)24-43-39-29-15-17-35(3)28(21-29)11-12-30-31-13-14-33(41)36(31,4)18-16-32(30)35/h6-10,21,25-26,30-33,41H,11-20,22-24H2,1-5H3,(H,38,42)/b39-29+/t25?,26?,30?,31?,32?,33?,35-,36-,37?/m0/s1. The third-order valence-electron chi connectivity index (χ3n) is 13.5. The molecule has 1 aromatic rings. The second-order valence-corrected chi connectivity index (χ2v) is 15.5. The summed E-state index contributed by atoms with van der Waals surface area (Å²) in [6.07, 6.45) is 13.1. The molecule has 6 rings (SSSR count). The lowest BCUT2D eigenvalue weighted by Crippen LogP contribution is -2.52.